The van der Waals surface area contributed by atoms with E-state index in [0.717, 1.165) is 5.70 Å². The standard InChI is InChI=1S/C9H13N3O/c1-4-7(5-2)12-9(13)6-8(10-3)11-12/h4-5H,1,6H2,2-3H3,(H,10,11)/b7-5+. The fraction of sp³-hybridized carbons (Fsp3) is 0.333. The average Bonchev–Trinajstić information content (AvgIpc) is 2.50. The molecule has 0 bridgehead atoms. The van der Waals surface area contributed by atoms with Gasteiger partial charge in [0.05, 0.1) is 12.1 Å². The second-order valence-electron chi connectivity index (χ2n) is 2.61. The molecule has 70 valence electrons. The summed E-state index contributed by atoms with van der Waals surface area (Å²) in [5, 5.41) is 1.45. The number of hydrogen-bond acceptors (Lipinski definition) is 2. The van der Waals surface area contributed by atoms with Crippen molar-refractivity contribution in [2.24, 2.45) is 4.99 Å². The molecule has 1 rings (SSSR count). The number of rotatable bonds is 2. The number of carbonyl (C=O) groups excluding carboxylic acids is 1. The number of hydrogen-bond donors (Lipinski definition) is 1. The normalized spacial score (nSPS) is 20.8. The highest BCUT2D eigenvalue weighted by Crippen LogP contribution is 2.10. The van der Waals surface area contributed by atoms with Gasteiger partial charge in [-0.05, 0) is 13.0 Å². The van der Waals surface area contributed by atoms with Crippen LogP contribution in [0.4, 0.5) is 0 Å². The van der Waals surface area contributed by atoms with Crippen LogP contribution in [0, 0.1) is 0 Å². The Labute approximate surface area is 77.6 Å². The molecule has 0 unspecified atom stereocenters. The van der Waals surface area contributed by atoms with E-state index in [9.17, 15) is 4.79 Å². The third-order valence-corrected chi connectivity index (χ3v) is 1.84. The van der Waals surface area contributed by atoms with Crippen LogP contribution in [0.5, 0.6) is 0 Å². The van der Waals surface area contributed by atoms with E-state index < -0.39 is 0 Å². The maximum atomic E-state index is 11.4. The van der Waals surface area contributed by atoms with Gasteiger partial charge in [-0.1, -0.05) is 12.7 Å². The molecule has 0 aromatic heterocycles. The minimum absolute atomic E-state index is 0.00593. The van der Waals surface area contributed by atoms with Gasteiger partial charge < -0.3 is 0 Å². The summed E-state index contributed by atoms with van der Waals surface area (Å²) in [6.07, 6.45) is 3.78. The Morgan fingerprint density at radius 2 is 2.46 bits per heavy atom. The molecule has 0 aliphatic carbocycles. The number of nitrogens with one attached hydrogen (secondary N) is 1. The molecule has 4 nitrogen and oxygen atoms in total. The number of allylic oxidation sites excluding steroid dienone is 2. The van der Waals surface area contributed by atoms with Gasteiger partial charge >= 0.3 is 0 Å². The highest BCUT2D eigenvalue weighted by Gasteiger charge is 2.26. The predicted molar refractivity (Wildman–Crippen MR) is 51.9 cm³/mol. The first kappa shape index (κ1) is 9.51. The van der Waals surface area contributed by atoms with Crippen LogP contribution < -0.4 is 5.43 Å². The molecule has 13 heavy (non-hydrogen) atoms. The summed E-state index contributed by atoms with van der Waals surface area (Å²) >= 11 is 0. The Kier molecular flexibility index (Phi) is 2.84. The zero-order valence-corrected chi connectivity index (χ0v) is 7.87. The Bertz CT molecular complexity index is 291. The lowest BCUT2D eigenvalue weighted by Crippen LogP contribution is -2.34. The number of hydrazine groups is 1. The molecule has 0 atom stereocenters. The zero-order valence-electron chi connectivity index (χ0n) is 7.87. The first-order valence-electron chi connectivity index (χ1n) is 4.07. The summed E-state index contributed by atoms with van der Waals surface area (Å²) < 4.78 is 0. The number of amides is 1. The van der Waals surface area contributed by atoms with Crippen LogP contribution in [-0.4, -0.2) is 23.8 Å². The largest absolute Gasteiger partial charge is 0.278 e. The second-order valence-corrected chi connectivity index (χ2v) is 2.61. The van der Waals surface area contributed by atoms with Crippen LogP contribution in [0.1, 0.15) is 13.3 Å². The Balaban J connectivity index is 2.84. The summed E-state index contributed by atoms with van der Waals surface area (Å²) in [5.74, 6) is 0.680. The molecular weight excluding hydrogens is 166 g/mol. The van der Waals surface area contributed by atoms with E-state index in [1.54, 1.807) is 13.1 Å². The van der Waals surface area contributed by atoms with Gasteiger partial charge in [-0.3, -0.25) is 15.2 Å². The van der Waals surface area contributed by atoms with Crippen molar-refractivity contribution in [2.75, 3.05) is 7.05 Å². The van der Waals surface area contributed by atoms with Crippen molar-refractivity contribution in [3.05, 3.63) is 24.4 Å². The van der Waals surface area contributed by atoms with E-state index >= 15 is 0 Å². The van der Waals surface area contributed by atoms with Crippen LogP contribution in [-0.2, 0) is 4.79 Å². The maximum Gasteiger partial charge on any atom is 0.253 e. The van der Waals surface area contributed by atoms with E-state index in [2.05, 4.69) is 17.0 Å². The third kappa shape index (κ3) is 1.77. The molecule has 4 heteroatoms. The van der Waals surface area contributed by atoms with E-state index in [0.29, 0.717) is 12.3 Å². The van der Waals surface area contributed by atoms with Gasteiger partial charge in [0.25, 0.3) is 5.91 Å². The first-order valence-corrected chi connectivity index (χ1v) is 4.07. The van der Waals surface area contributed by atoms with Gasteiger partial charge in [-0.15, -0.1) is 0 Å². The number of aliphatic imine (C=N–C) groups is 1. The van der Waals surface area contributed by atoms with E-state index in [1.165, 1.54) is 5.01 Å². The topological polar surface area (TPSA) is 44.7 Å². The molecule has 1 saturated heterocycles. The van der Waals surface area contributed by atoms with Crippen LogP contribution in [0.15, 0.2) is 29.4 Å². The monoisotopic (exact) mass is 179 g/mol. The molecule has 0 aromatic carbocycles. The Morgan fingerprint density at radius 3 is 2.85 bits per heavy atom. The van der Waals surface area contributed by atoms with Crippen molar-refractivity contribution in [3.8, 4) is 0 Å². The lowest BCUT2D eigenvalue weighted by molar-refractivity contribution is -0.127. The molecule has 1 amide bonds. The number of nitrogens with zero attached hydrogens (tertiary/aromatic N) is 2. The lowest BCUT2D eigenvalue weighted by atomic mass is 10.3. The van der Waals surface area contributed by atoms with E-state index in [-0.39, 0.29) is 5.91 Å². The summed E-state index contributed by atoms with van der Waals surface area (Å²) in [6, 6.07) is 0. The third-order valence-electron chi connectivity index (χ3n) is 1.84. The van der Waals surface area contributed by atoms with Crippen molar-refractivity contribution >= 4 is 11.7 Å². The van der Waals surface area contributed by atoms with Crippen LogP contribution in [0.3, 0.4) is 0 Å². The summed E-state index contributed by atoms with van der Waals surface area (Å²) in [4.78, 5) is 15.3. The van der Waals surface area contributed by atoms with Crippen molar-refractivity contribution in [1.29, 1.82) is 0 Å². The molecule has 1 N–H and O–H groups in total. The number of amidine groups is 1. The first-order chi connectivity index (χ1) is 6.22. The van der Waals surface area contributed by atoms with Gasteiger partial charge in [0.1, 0.15) is 5.84 Å². The fourth-order valence-electron chi connectivity index (χ4n) is 1.13. The minimum Gasteiger partial charge on any atom is -0.278 e. The molecule has 0 radical (unpaired) electrons. The fourth-order valence-corrected chi connectivity index (χ4v) is 1.13. The van der Waals surface area contributed by atoms with Gasteiger partial charge in [0.15, 0.2) is 0 Å². The van der Waals surface area contributed by atoms with Crippen LogP contribution in [0.25, 0.3) is 0 Å². The zero-order chi connectivity index (χ0) is 9.84. The van der Waals surface area contributed by atoms with Crippen LogP contribution in [0.2, 0.25) is 0 Å². The van der Waals surface area contributed by atoms with Crippen molar-refractivity contribution in [3.63, 3.8) is 0 Å². The molecule has 1 fully saturated rings. The molecule has 1 aliphatic rings. The Morgan fingerprint density at radius 1 is 1.77 bits per heavy atom. The van der Waals surface area contributed by atoms with Gasteiger partial charge in [0, 0.05) is 7.05 Å². The van der Waals surface area contributed by atoms with Crippen LogP contribution >= 0.6 is 0 Å². The molecule has 1 heterocycles. The summed E-state index contributed by atoms with van der Waals surface area (Å²) in [5.41, 5.74) is 3.64. The molecular formula is C9H13N3O. The summed E-state index contributed by atoms with van der Waals surface area (Å²) in [6.45, 7) is 5.47. The van der Waals surface area contributed by atoms with E-state index in [1.807, 2.05) is 13.0 Å². The molecule has 1 aliphatic heterocycles. The SMILES string of the molecule is C=C/C(=C\C)N1NC(=NC)CC1=O. The van der Waals surface area contributed by atoms with E-state index in [4.69, 9.17) is 0 Å². The Hall–Kier alpha value is -1.58. The van der Waals surface area contributed by atoms with Crippen molar-refractivity contribution in [1.82, 2.24) is 10.4 Å². The smallest absolute Gasteiger partial charge is 0.253 e. The lowest BCUT2D eigenvalue weighted by Gasteiger charge is -2.16. The second kappa shape index (κ2) is 3.89. The maximum absolute atomic E-state index is 11.4. The quantitative estimate of drug-likeness (QED) is 0.638. The number of carbonyl (C=O) groups is 1. The molecule has 0 spiro atoms. The average molecular weight is 179 g/mol. The highest BCUT2D eigenvalue weighted by molar-refractivity contribution is 6.05. The van der Waals surface area contributed by atoms with Crippen molar-refractivity contribution in [2.45, 2.75) is 13.3 Å². The predicted octanol–water partition coefficient (Wildman–Crippen LogP) is 0.841. The minimum atomic E-state index is -0.00593. The molecule has 0 saturated carbocycles. The van der Waals surface area contributed by atoms with Gasteiger partial charge in [-0.25, -0.2) is 5.01 Å². The van der Waals surface area contributed by atoms with Gasteiger partial charge in [-0.2, -0.15) is 0 Å². The molecule has 0 aromatic rings. The summed E-state index contributed by atoms with van der Waals surface area (Å²) in [7, 11) is 1.66. The van der Waals surface area contributed by atoms with Crippen molar-refractivity contribution < 1.29 is 4.79 Å². The van der Waals surface area contributed by atoms with Gasteiger partial charge in [0.2, 0.25) is 0 Å². The highest BCUT2D eigenvalue weighted by atomic mass is 16.2.